The van der Waals surface area contributed by atoms with Crippen molar-refractivity contribution in [3.8, 4) is 11.5 Å². The fraction of sp³-hybridized carbons (Fsp3) is 0.474. The number of esters is 1. The Morgan fingerprint density at radius 3 is 2.89 bits per heavy atom. The lowest BCUT2D eigenvalue weighted by atomic mass is 9.95. The molecule has 1 atom stereocenters. The van der Waals surface area contributed by atoms with E-state index < -0.39 is 12.0 Å². The lowest BCUT2D eigenvalue weighted by Gasteiger charge is -2.27. The summed E-state index contributed by atoms with van der Waals surface area (Å²) in [5.74, 6) is 0.372. The summed E-state index contributed by atoms with van der Waals surface area (Å²) in [7, 11) is 0. The Kier molecular flexibility index (Phi) is 6.13. The van der Waals surface area contributed by atoms with Crippen molar-refractivity contribution >= 4 is 11.9 Å². The Morgan fingerprint density at radius 1 is 1.32 bits per heavy atom. The van der Waals surface area contributed by atoms with Crippen LogP contribution in [0, 0.1) is 0 Å². The van der Waals surface area contributed by atoms with Crippen LogP contribution in [-0.4, -0.2) is 44.5 Å². The maximum atomic E-state index is 12.9. The van der Waals surface area contributed by atoms with E-state index in [1.54, 1.807) is 19.1 Å². The topological polar surface area (TPSA) is 111 Å². The third-order valence-corrected chi connectivity index (χ3v) is 4.51. The van der Waals surface area contributed by atoms with E-state index >= 15 is 0 Å². The molecule has 0 radical (unpaired) electrons. The van der Waals surface area contributed by atoms with Gasteiger partial charge in [-0.25, -0.2) is 4.79 Å². The zero-order valence-electron chi connectivity index (χ0n) is 16.3. The first-order valence-corrected chi connectivity index (χ1v) is 9.45. The molecule has 0 saturated carbocycles. The Morgan fingerprint density at radius 2 is 2.14 bits per heavy atom. The molecule has 0 bridgehead atoms. The lowest BCUT2D eigenvalue weighted by Crippen LogP contribution is -2.29. The first kappa shape index (κ1) is 19.7. The Hall–Kier alpha value is -3.10. The van der Waals surface area contributed by atoms with Gasteiger partial charge in [-0.1, -0.05) is 30.9 Å². The molecule has 0 spiro atoms. The zero-order valence-corrected chi connectivity index (χ0v) is 16.3. The van der Waals surface area contributed by atoms with E-state index in [9.17, 15) is 9.90 Å². The average Bonchev–Trinajstić information content (AvgIpc) is 3.14. The Balaban J connectivity index is 1.98. The fourth-order valence-corrected chi connectivity index (χ4v) is 3.15. The van der Waals surface area contributed by atoms with Gasteiger partial charge in [0.05, 0.1) is 18.8 Å². The van der Waals surface area contributed by atoms with Gasteiger partial charge in [-0.15, -0.1) is 0 Å². The number of allylic oxidation sites excluding steroid dienone is 1. The van der Waals surface area contributed by atoms with Crippen LogP contribution in [0.2, 0.25) is 0 Å². The van der Waals surface area contributed by atoms with Crippen molar-refractivity contribution in [1.29, 1.82) is 0 Å². The normalized spacial score (nSPS) is 15.8. The van der Waals surface area contributed by atoms with Crippen LogP contribution in [0.5, 0.6) is 11.5 Å². The number of hydrogen-bond donors (Lipinski definition) is 2. The van der Waals surface area contributed by atoms with Crippen molar-refractivity contribution in [3.63, 3.8) is 0 Å². The minimum atomic E-state index is -0.593. The first-order chi connectivity index (χ1) is 13.6. The molecule has 0 unspecified atom stereocenters. The number of carbonyl (C=O) groups is 1. The molecule has 2 N–H and O–H groups in total. The second-order valence-corrected chi connectivity index (χ2v) is 6.52. The molecule has 0 saturated heterocycles. The van der Waals surface area contributed by atoms with Crippen LogP contribution >= 0.6 is 0 Å². The molecule has 1 aromatic carbocycles. The average molecular weight is 387 g/mol. The third kappa shape index (κ3) is 3.92. The summed E-state index contributed by atoms with van der Waals surface area (Å²) in [6, 6.07) is 4.35. The van der Waals surface area contributed by atoms with Crippen molar-refractivity contribution in [2.45, 2.75) is 46.1 Å². The molecule has 9 nitrogen and oxygen atoms in total. The van der Waals surface area contributed by atoms with Gasteiger partial charge in [0.1, 0.15) is 6.04 Å². The molecule has 9 heteroatoms. The molecule has 2 aromatic rings. The summed E-state index contributed by atoms with van der Waals surface area (Å²) < 4.78 is 12.5. The van der Waals surface area contributed by atoms with E-state index in [0.717, 1.165) is 19.3 Å². The highest BCUT2D eigenvalue weighted by Gasteiger charge is 2.35. The predicted molar refractivity (Wildman–Crippen MR) is 102 cm³/mol. The number of benzene rings is 1. The molecule has 0 aliphatic carbocycles. The second kappa shape index (κ2) is 8.73. The monoisotopic (exact) mass is 387 g/mol. The summed E-state index contributed by atoms with van der Waals surface area (Å²) >= 11 is 0. The van der Waals surface area contributed by atoms with Gasteiger partial charge in [0.2, 0.25) is 5.95 Å². The minimum Gasteiger partial charge on any atom is -0.504 e. The molecule has 28 heavy (non-hydrogen) atoms. The van der Waals surface area contributed by atoms with E-state index in [-0.39, 0.29) is 5.75 Å². The smallest absolute Gasteiger partial charge is 0.338 e. The van der Waals surface area contributed by atoms with E-state index in [1.807, 2.05) is 6.92 Å². The number of tetrazole rings is 1. The van der Waals surface area contributed by atoms with E-state index in [1.165, 1.54) is 10.7 Å². The Labute approximate surface area is 163 Å². The number of phenols is 1. The predicted octanol–water partition coefficient (Wildman–Crippen LogP) is 2.80. The fourth-order valence-electron chi connectivity index (χ4n) is 3.15. The quantitative estimate of drug-likeness (QED) is 0.525. The van der Waals surface area contributed by atoms with Gasteiger partial charge in [-0.2, -0.15) is 4.68 Å². The second-order valence-electron chi connectivity index (χ2n) is 6.52. The van der Waals surface area contributed by atoms with Gasteiger partial charge >= 0.3 is 5.97 Å². The minimum absolute atomic E-state index is 0.0286. The van der Waals surface area contributed by atoms with Crippen molar-refractivity contribution in [3.05, 3.63) is 35.0 Å². The van der Waals surface area contributed by atoms with Crippen LogP contribution < -0.4 is 10.1 Å². The number of unbranched alkanes of at least 4 members (excludes halogenated alkanes) is 2. The van der Waals surface area contributed by atoms with Crippen molar-refractivity contribution in [1.82, 2.24) is 20.2 Å². The summed E-state index contributed by atoms with van der Waals surface area (Å²) in [6.45, 7) is 6.48. The molecule has 150 valence electrons. The van der Waals surface area contributed by atoms with Crippen LogP contribution in [0.25, 0.3) is 0 Å². The summed E-state index contributed by atoms with van der Waals surface area (Å²) in [4.78, 5) is 12.9. The summed E-state index contributed by atoms with van der Waals surface area (Å²) in [6.07, 6.45) is 2.86. The highest BCUT2D eigenvalue weighted by atomic mass is 16.5. The van der Waals surface area contributed by atoms with Gasteiger partial charge in [0.15, 0.2) is 11.5 Å². The maximum absolute atomic E-state index is 12.9. The number of hydrogen-bond acceptors (Lipinski definition) is 8. The SMILES string of the molecule is CCCCCOC(=O)C1=C(C)Nc2nnnn2[C@H]1c1ccc(O)c(OCC)c1. The first-order valence-electron chi connectivity index (χ1n) is 9.45. The number of anilines is 1. The number of phenolic OH excluding ortho intramolecular Hbond substituents is 1. The van der Waals surface area contributed by atoms with E-state index in [2.05, 4.69) is 27.8 Å². The Bertz CT molecular complexity index is 877. The van der Waals surface area contributed by atoms with Crippen LogP contribution in [0.3, 0.4) is 0 Å². The number of nitrogens with one attached hydrogen (secondary N) is 1. The number of nitrogens with zero attached hydrogens (tertiary/aromatic N) is 4. The highest BCUT2D eigenvalue weighted by Crippen LogP contribution is 2.38. The van der Waals surface area contributed by atoms with Crippen LogP contribution in [0.15, 0.2) is 29.5 Å². The molecule has 3 rings (SSSR count). The van der Waals surface area contributed by atoms with Gasteiger partial charge in [0.25, 0.3) is 0 Å². The number of carbonyl (C=O) groups excluding carboxylic acids is 1. The molecule has 2 heterocycles. The summed E-state index contributed by atoms with van der Waals surface area (Å²) in [5, 5.41) is 24.8. The molecule has 0 amide bonds. The molecular weight excluding hydrogens is 362 g/mol. The largest absolute Gasteiger partial charge is 0.504 e. The maximum Gasteiger partial charge on any atom is 0.338 e. The third-order valence-electron chi connectivity index (χ3n) is 4.51. The van der Waals surface area contributed by atoms with Gasteiger partial charge < -0.3 is 19.9 Å². The summed E-state index contributed by atoms with van der Waals surface area (Å²) in [5.41, 5.74) is 1.75. The molecule has 0 fully saturated rings. The molecule has 1 aliphatic rings. The molecular formula is C19H25N5O4. The number of rotatable bonds is 8. The number of aromatic hydroxyl groups is 1. The zero-order chi connectivity index (χ0) is 20.1. The van der Waals surface area contributed by atoms with Crippen molar-refractivity contribution in [2.75, 3.05) is 18.5 Å². The van der Waals surface area contributed by atoms with Crippen molar-refractivity contribution in [2.24, 2.45) is 0 Å². The molecule has 1 aromatic heterocycles. The van der Waals surface area contributed by atoms with Gasteiger partial charge in [-0.05, 0) is 48.4 Å². The van der Waals surface area contributed by atoms with Crippen LogP contribution in [-0.2, 0) is 9.53 Å². The van der Waals surface area contributed by atoms with Crippen LogP contribution in [0.4, 0.5) is 5.95 Å². The molecule has 1 aliphatic heterocycles. The number of fused-ring (bicyclic) bond motifs is 1. The number of ether oxygens (including phenoxy) is 2. The van der Waals surface area contributed by atoms with Crippen LogP contribution in [0.1, 0.15) is 51.6 Å². The highest BCUT2D eigenvalue weighted by molar-refractivity contribution is 5.92. The van der Waals surface area contributed by atoms with Gasteiger partial charge in [-0.3, -0.25) is 0 Å². The lowest BCUT2D eigenvalue weighted by molar-refractivity contribution is -0.139. The standard InChI is InChI=1S/C19H25N5O4/c1-4-6-7-10-28-18(26)16-12(3)20-19-21-22-23-24(19)17(16)13-8-9-14(25)15(11-13)27-5-2/h8-9,11,17,25H,4-7,10H2,1-3H3,(H,20,21,23)/t17-/m0/s1. The van der Waals surface area contributed by atoms with Gasteiger partial charge in [0, 0.05) is 5.70 Å². The van der Waals surface area contributed by atoms with Crippen molar-refractivity contribution < 1.29 is 19.4 Å². The van der Waals surface area contributed by atoms with E-state index in [4.69, 9.17) is 9.47 Å². The number of aromatic nitrogens is 4. The van der Waals surface area contributed by atoms with E-state index in [0.29, 0.717) is 41.7 Å².